The number of hydrogen-bond donors (Lipinski definition) is 2. The van der Waals surface area contributed by atoms with E-state index in [1.165, 1.54) is 44.7 Å². The molecule has 0 unspecified atom stereocenters. The number of ether oxygens (including phenoxy) is 1. The molecule has 172 valence electrons. The first-order valence-corrected chi connectivity index (χ1v) is 12.0. The standard InChI is InChI=1S/C24H26FN5O2S/c1-32-17-9-15(12-26-13-17)19-11-23(31)20(10-21(19)25)22-5-6-24(28-27-22)30-8-7-18(14-30)33-29-16-3-2-4-16/h5-6,9-13,16,18,29,31H,2-4,7-8,14H2,1H3/t18-/m1/s1. The molecule has 1 aliphatic carbocycles. The topological polar surface area (TPSA) is 83.4 Å². The Morgan fingerprint density at radius 3 is 2.73 bits per heavy atom. The fraction of sp³-hybridized carbons (Fsp3) is 0.375. The van der Waals surface area contributed by atoms with Gasteiger partial charge in [0.25, 0.3) is 0 Å². The van der Waals surface area contributed by atoms with Gasteiger partial charge in [-0.05, 0) is 49.6 Å². The van der Waals surface area contributed by atoms with Crippen LogP contribution >= 0.6 is 11.9 Å². The highest BCUT2D eigenvalue weighted by Gasteiger charge is 2.26. The van der Waals surface area contributed by atoms with Crippen LogP contribution in [0.25, 0.3) is 22.4 Å². The minimum absolute atomic E-state index is 0.0732. The number of anilines is 1. The minimum atomic E-state index is -0.484. The predicted molar refractivity (Wildman–Crippen MR) is 128 cm³/mol. The van der Waals surface area contributed by atoms with Crippen LogP contribution in [-0.2, 0) is 0 Å². The number of aromatic hydroxyl groups is 1. The zero-order valence-electron chi connectivity index (χ0n) is 18.4. The number of phenolic OH excluding ortho intramolecular Hbond substituents is 1. The SMILES string of the molecule is COc1cncc(-c2cc(O)c(-c3ccc(N4CC[C@@H](SNC5CCC5)C4)nn3)cc2F)c1. The first-order valence-electron chi connectivity index (χ1n) is 11.1. The molecule has 3 aromatic rings. The van der Waals surface area contributed by atoms with Crippen LogP contribution in [0.1, 0.15) is 25.7 Å². The van der Waals surface area contributed by atoms with E-state index in [1.54, 1.807) is 18.3 Å². The van der Waals surface area contributed by atoms with Crippen molar-refractivity contribution in [2.75, 3.05) is 25.1 Å². The first-order chi connectivity index (χ1) is 16.1. The van der Waals surface area contributed by atoms with Crippen molar-refractivity contribution in [2.45, 2.75) is 37.0 Å². The number of hydrogen-bond acceptors (Lipinski definition) is 8. The van der Waals surface area contributed by atoms with Gasteiger partial charge >= 0.3 is 0 Å². The number of methoxy groups -OCH3 is 1. The Morgan fingerprint density at radius 1 is 1.12 bits per heavy atom. The molecule has 0 bridgehead atoms. The number of pyridine rings is 1. The van der Waals surface area contributed by atoms with Crippen molar-refractivity contribution in [3.8, 4) is 33.9 Å². The molecule has 1 atom stereocenters. The van der Waals surface area contributed by atoms with Crippen LogP contribution in [0.15, 0.2) is 42.7 Å². The van der Waals surface area contributed by atoms with Gasteiger partial charge in [-0.2, -0.15) is 0 Å². The highest BCUT2D eigenvalue weighted by molar-refractivity contribution is 7.98. The van der Waals surface area contributed by atoms with Crippen LogP contribution < -0.4 is 14.4 Å². The van der Waals surface area contributed by atoms with E-state index < -0.39 is 5.82 Å². The van der Waals surface area contributed by atoms with E-state index in [0.717, 1.165) is 25.3 Å². The highest BCUT2D eigenvalue weighted by Crippen LogP contribution is 2.36. The van der Waals surface area contributed by atoms with Gasteiger partial charge in [-0.25, -0.2) is 4.39 Å². The summed E-state index contributed by atoms with van der Waals surface area (Å²) in [6.07, 6.45) is 8.05. The summed E-state index contributed by atoms with van der Waals surface area (Å²) in [5.74, 6) is 0.751. The number of aromatic nitrogens is 3. The van der Waals surface area contributed by atoms with Crippen molar-refractivity contribution in [3.63, 3.8) is 0 Å². The van der Waals surface area contributed by atoms with E-state index in [1.807, 2.05) is 18.0 Å². The second kappa shape index (κ2) is 9.52. The van der Waals surface area contributed by atoms with Crippen LogP contribution in [0, 0.1) is 5.82 Å². The molecule has 1 aromatic carbocycles. The molecule has 5 rings (SSSR count). The molecule has 7 nitrogen and oxygen atoms in total. The van der Waals surface area contributed by atoms with Crippen molar-refractivity contribution < 1.29 is 14.2 Å². The largest absolute Gasteiger partial charge is 0.507 e. The van der Waals surface area contributed by atoms with Gasteiger partial charge in [0.2, 0.25) is 0 Å². The second-order valence-electron chi connectivity index (χ2n) is 8.46. The van der Waals surface area contributed by atoms with E-state index in [2.05, 4.69) is 24.8 Å². The summed E-state index contributed by atoms with van der Waals surface area (Å²) in [6.45, 7) is 1.85. The van der Waals surface area contributed by atoms with Gasteiger partial charge < -0.3 is 14.7 Å². The average Bonchev–Trinajstić information content (AvgIpc) is 3.28. The molecular weight excluding hydrogens is 441 g/mol. The fourth-order valence-electron chi connectivity index (χ4n) is 4.05. The lowest BCUT2D eigenvalue weighted by Crippen LogP contribution is -2.32. The second-order valence-corrected chi connectivity index (χ2v) is 9.60. The lowest BCUT2D eigenvalue weighted by molar-refractivity contribution is 0.395. The molecule has 1 aliphatic heterocycles. The van der Waals surface area contributed by atoms with Crippen LogP contribution in [-0.4, -0.2) is 51.8 Å². The number of nitrogens with one attached hydrogen (secondary N) is 1. The van der Waals surface area contributed by atoms with E-state index in [9.17, 15) is 9.50 Å². The zero-order valence-corrected chi connectivity index (χ0v) is 19.2. The lowest BCUT2D eigenvalue weighted by atomic mass is 9.94. The Balaban J connectivity index is 1.29. The lowest BCUT2D eigenvalue weighted by Gasteiger charge is -2.27. The Morgan fingerprint density at radius 2 is 2.00 bits per heavy atom. The Kier molecular flexibility index (Phi) is 6.32. The number of benzene rings is 1. The summed E-state index contributed by atoms with van der Waals surface area (Å²) in [5, 5.41) is 19.8. The normalized spacial score (nSPS) is 18.4. The molecule has 2 aliphatic rings. The molecule has 0 spiro atoms. The third-order valence-electron chi connectivity index (χ3n) is 6.25. The minimum Gasteiger partial charge on any atom is -0.507 e. The molecule has 1 saturated carbocycles. The van der Waals surface area contributed by atoms with E-state index >= 15 is 0 Å². The molecule has 0 amide bonds. The zero-order chi connectivity index (χ0) is 22.8. The predicted octanol–water partition coefficient (Wildman–Crippen LogP) is 4.43. The van der Waals surface area contributed by atoms with Crippen LogP contribution in [0.4, 0.5) is 10.2 Å². The number of rotatable bonds is 7. The van der Waals surface area contributed by atoms with E-state index in [0.29, 0.717) is 33.9 Å². The Hall–Kier alpha value is -2.91. The van der Waals surface area contributed by atoms with E-state index in [4.69, 9.17) is 4.74 Å². The van der Waals surface area contributed by atoms with Crippen LogP contribution in [0.2, 0.25) is 0 Å². The summed E-state index contributed by atoms with van der Waals surface area (Å²) in [4.78, 5) is 6.28. The summed E-state index contributed by atoms with van der Waals surface area (Å²) < 4.78 is 23.7. The molecule has 2 fully saturated rings. The van der Waals surface area contributed by atoms with Gasteiger partial charge in [0.05, 0.1) is 19.0 Å². The molecule has 0 radical (unpaired) electrons. The molecular formula is C24H26FN5O2S. The Labute approximate surface area is 196 Å². The monoisotopic (exact) mass is 467 g/mol. The maximum Gasteiger partial charge on any atom is 0.151 e. The van der Waals surface area contributed by atoms with Crippen molar-refractivity contribution in [1.29, 1.82) is 0 Å². The van der Waals surface area contributed by atoms with E-state index in [-0.39, 0.29) is 11.3 Å². The van der Waals surface area contributed by atoms with Gasteiger partial charge in [0.1, 0.15) is 17.3 Å². The Bertz CT molecular complexity index is 1130. The maximum absolute atomic E-state index is 14.9. The molecule has 2 aromatic heterocycles. The maximum atomic E-state index is 14.9. The van der Waals surface area contributed by atoms with Gasteiger partial charge in [0, 0.05) is 47.3 Å². The summed E-state index contributed by atoms with van der Waals surface area (Å²) >= 11 is 1.84. The number of halogens is 1. The fourth-order valence-corrected chi connectivity index (χ4v) is 5.15. The van der Waals surface area contributed by atoms with Crippen molar-refractivity contribution >= 4 is 17.8 Å². The molecule has 33 heavy (non-hydrogen) atoms. The van der Waals surface area contributed by atoms with Gasteiger partial charge in [0.15, 0.2) is 5.82 Å². The van der Waals surface area contributed by atoms with Crippen molar-refractivity contribution in [1.82, 2.24) is 19.9 Å². The smallest absolute Gasteiger partial charge is 0.151 e. The number of nitrogens with zero attached hydrogens (tertiary/aromatic N) is 4. The average molecular weight is 468 g/mol. The summed E-state index contributed by atoms with van der Waals surface area (Å²) in [6, 6.07) is 8.66. The number of phenols is 1. The molecule has 2 N–H and O–H groups in total. The van der Waals surface area contributed by atoms with Crippen molar-refractivity contribution in [3.05, 3.63) is 48.5 Å². The third kappa shape index (κ3) is 4.74. The van der Waals surface area contributed by atoms with Crippen molar-refractivity contribution in [2.24, 2.45) is 0 Å². The van der Waals surface area contributed by atoms with Gasteiger partial charge in [-0.1, -0.05) is 18.4 Å². The molecule has 9 heteroatoms. The summed E-state index contributed by atoms with van der Waals surface area (Å²) in [5.41, 5.74) is 1.47. The first kappa shape index (κ1) is 21.9. The van der Waals surface area contributed by atoms with Gasteiger partial charge in [-0.3, -0.25) is 9.71 Å². The summed E-state index contributed by atoms with van der Waals surface area (Å²) in [7, 11) is 1.52. The molecule has 3 heterocycles. The van der Waals surface area contributed by atoms with Gasteiger partial charge in [-0.15, -0.1) is 10.2 Å². The quantitative estimate of drug-likeness (QED) is 0.494. The van der Waals surface area contributed by atoms with Crippen LogP contribution in [0.3, 0.4) is 0 Å². The third-order valence-corrected chi connectivity index (χ3v) is 7.43. The highest BCUT2D eigenvalue weighted by atomic mass is 32.2. The van der Waals surface area contributed by atoms with Crippen LogP contribution in [0.5, 0.6) is 11.5 Å². The molecule has 1 saturated heterocycles.